The third-order valence-corrected chi connectivity index (χ3v) is 1.93. The Morgan fingerprint density at radius 2 is 2.50 bits per heavy atom. The molecular formula is C8H14N4. The zero-order valence-corrected chi connectivity index (χ0v) is 7.22. The highest BCUT2D eigenvalue weighted by Gasteiger charge is 2.21. The van der Waals surface area contributed by atoms with E-state index in [-0.39, 0.29) is 0 Å². The second-order valence-electron chi connectivity index (χ2n) is 3.23. The molecule has 0 amide bonds. The molecule has 1 fully saturated rings. The lowest BCUT2D eigenvalue weighted by atomic mass is 10.4. The van der Waals surface area contributed by atoms with Gasteiger partial charge >= 0.3 is 0 Å². The van der Waals surface area contributed by atoms with E-state index in [2.05, 4.69) is 26.9 Å². The second kappa shape index (κ2) is 3.15. The van der Waals surface area contributed by atoms with Gasteiger partial charge in [0.15, 0.2) is 0 Å². The van der Waals surface area contributed by atoms with Gasteiger partial charge in [-0.15, -0.1) is 0 Å². The first-order valence-corrected chi connectivity index (χ1v) is 4.34. The van der Waals surface area contributed by atoms with Gasteiger partial charge in [-0.1, -0.05) is 0 Å². The van der Waals surface area contributed by atoms with Crippen LogP contribution in [0.3, 0.4) is 0 Å². The lowest BCUT2D eigenvalue weighted by Gasteiger charge is -1.95. The van der Waals surface area contributed by atoms with E-state index in [0.717, 1.165) is 18.1 Å². The van der Waals surface area contributed by atoms with Crippen LogP contribution in [0.1, 0.15) is 18.5 Å². The number of H-pyrrole nitrogens is 1. The molecule has 1 heterocycles. The molecule has 1 aliphatic rings. The van der Waals surface area contributed by atoms with Crippen LogP contribution in [0.2, 0.25) is 0 Å². The molecule has 1 aromatic rings. The van der Waals surface area contributed by atoms with Crippen molar-refractivity contribution in [1.29, 1.82) is 0 Å². The first-order valence-electron chi connectivity index (χ1n) is 4.34. The number of hydrogen-bond donors (Lipinski definition) is 3. The van der Waals surface area contributed by atoms with Crippen LogP contribution in [0, 0.1) is 0 Å². The predicted octanol–water partition coefficient (Wildman–Crippen LogP) is 0.703. The van der Waals surface area contributed by atoms with E-state index in [1.807, 2.05) is 7.05 Å². The van der Waals surface area contributed by atoms with Crippen molar-refractivity contribution in [2.24, 2.45) is 0 Å². The highest BCUT2D eigenvalue weighted by molar-refractivity contribution is 5.37. The van der Waals surface area contributed by atoms with Crippen LogP contribution in [0.4, 0.5) is 5.82 Å². The van der Waals surface area contributed by atoms with E-state index in [9.17, 15) is 0 Å². The van der Waals surface area contributed by atoms with Gasteiger partial charge in [0.2, 0.25) is 0 Å². The fourth-order valence-electron chi connectivity index (χ4n) is 1.15. The highest BCUT2D eigenvalue weighted by atomic mass is 15.2. The Morgan fingerprint density at radius 3 is 3.17 bits per heavy atom. The van der Waals surface area contributed by atoms with Crippen LogP contribution in [0.5, 0.6) is 0 Å². The van der Waals surface area contributed by atoms with Gasteiger partial charge in [0.25, 0.3) is 0 Å². The zero-order valence-electron chi connectivity index (χ0n) is 7.22. The molecule has 2 rings (SSSR count). The molecule has 1 aromatic heterocycles. The van der Waals surface area contributed by atoms with Crippen LogP contribution in [0.25, 0.3) is 0 Å². The molecule has 4 heteroatoms. The maximum absolute atomic E-state index is 4.14. The summed E-state index contributed by atoms with van der Waals surface area (Å²) in [5.74, 6) is 0.975. The molecule has 0 aromatic carbocycles. The van der Waals surface area contributed by atoms with Crippen LogP contribution in [-0.4, -0.2) is 23.3 Å². The highest BCUT2D eigenvalue weighted by Crippen LogP contribution is 2.23. The fraction of sp³-hybridized carbons (Fsp3) is 0.625. The lowest BCUT2D eigenvalue weighted by molar-refractivity contribution is 0.784. The van der Waals surface area contributed by atoms with Crippen molar-refractivity contribution in [3.05, 3.63) is 11.8 Å². The van der Waals surface area contributed by atoms with Gasteiger partial charge in [-0.05, 0) is 19.9 Å². The second-order valence-corrected chi connectivity index (χ2v) is 3.23. The number of aromatic amines is 1. The number of nitrogens with one attached hydrogen (secondary N) is 3. The van der Waals surface area contributed by atoms with Crippen molar-refractivity contribution in [2.45, 2.75) is 25.4 Å². The lowest BCUT2D eigenvalue weighted by Crippen LogP contribution is -2.04. The summed E-state index contributed by atoms with van der Waals surface area (Å²) in [6, 6.07) is 2.73. The van der Waals surface area contributed by atoms with E-state index >= 15 is 0 Å². The number of hydrogen-bond acceptors (Lipinski definition) is 3. The summed E-state index contributed by atoms with van der Waals surface area (Å²) in [4.78, 5) is 0. The summed E-state index contributed by atoms with van der Waals surface area (Å²) in [6.07, 6.45) is 2.57. The number of aromatic nitrogens is 2. The Balaban J connectivity index is 1.92. The molecule has 0 unspecified atom stereocenters. The van der Waals surface area contributed by atoms with E-state index < -0.39 is 0 Å². The van der Waals surface area contributed by atoms with Crippen molar-refractivity contribution in [2.75, 3.05) is 12.4 Å². The molecule has 1 aliphatic carbocycles. The minimum atomic E-state index is 0.677. The van der Waals surface area contributed by atoms with Crippen molar-refractivity contribution in [3.63, 3.8) is 0 Å². The van der Waals surface area contributed by atoms with E-state index in [0.29, 0.717) is 6.04 Å². The molecule has 0 radical (unpaired) electrons. The molecule has 0 saturated heterocycles. The zero-order chi connectivity index (χ0) is 8.39. The molecule has 0 atom stereocenters. The summed E-state index contributed by atoms with van der Waals surface area (Å²) in [6.45, 7) is 0.847. The molecule has 0 bridgehead atoms. The van der Waals surface area contributed by atoms with Crippen LogP contribution in [0.15, 0.2) is 6.07 Å². The standard InChI is InChI=1S/C8H14N4/c1-9-5-7-4-8(12-11-7)10-6-2-3-6/h4,6,9H,2-3,5H2,1H3,(H2,10,11,12). The molecule has 0 spiro atoms. The third kappa shape index (κ3) is 1.76. The molecule has 1 saturated carbocycles. The van der Waals surface area contributed by atoms with Gasteiger partial charge in [0.1, 0.15) is 5.82 Å². The molecule has 0 aliphatic heterocycles. The van der Waals surface area contributed by atoms with Gasteiger partial charge in [-0.25, -0.2) is 0 Å². The average molecular weight is 166 g/mol. The van der Waals surface area contributed by atoms with Crippen molar-refractivity contribution in [3.8, 4) is 0 Å². The van der Waals surface area contributed by atoms with Crippen LogP contribution >= 0.6 is 0 Å². The third-order valence-electron chi connectivity index (χ3n) is 1.93. The van der Waals surface area contributed by atoms with Gasteiger partial charge in [-0.3, -0.25) is 5.10 Å². The van der Waals surface area contributed by atoms with Gasteiger partial charge in [0.05, 0.1) is 5.69 Å². The average Bonchev–Trinajstić information content (AvgIpc) is 2.74. The summed E-state index contributed by atoms with van der Waals surface area (Å²) >= 11 is 0. The molecule has 3 N–H and O–H groups in total. The SMILES string of the molecule is CNCc1cc(NC2CC2)n[nH]1. The minimum absolute atomic E-state index is 0.677. The quantitative estimate of drug-likeness (QED) is 0.617. The maximum Gasteiger partial charge on any atom is 0.148 e. The Morgan fingerprint density at radius 1 is 1.67 bits per heavy atom. The van der Waals surface area contributed by atoms with E-state index in [1.165, 1.54) is 12.8 Å². The minimum Gasteiger partial charge on any atom is -0.366 e. The Hall–Kier alpha value is -1.03. The number of rotatable bonds is 4. The number of nitrogens with zero attached hydrogens (tertiary/aromatic N) is 1. The molecule has 12 heavy (non-hydrogen) atoms. The Bertz CT molecular complexity index is 251. The molecular weight excluding hydrogens is 152 g/mol. The summed E-state index contributed by atoms with van der Waals surface area (Å²) in [5, 5.41) is 13.5. The monoisotopic (exact) mass is 166 g/mol. The van der Waals surface area contributed by atoms with Crippen molar-refractivity contribution in [1.82, 2.24) is 15.5 Å². The molecule has 4 nitrogen and oxygen atoms in total. The number of anilines is 1. The normalized spacial score (nSPS) is 16.4. The summed E-state index contributed by atoms with van der Waals surface area (Å²) < 4.78 is 0. The van der Waals surface area contributed by atoms with Gasteiger partial charge in [0, 0.05) is 18.7 Å². The maximum atomic E-state index is 4.14. The summed E-state index contributed by atoms with van der Waals surface area (Å²) in [7, 11) is 1.93. The summed E-state index contributed by atoms with van der Waals surface area (Å²) in [5.41, 5.74) is 1.13. The first-order chi connectivity index (χ1) is 5.88. The first kappa shape index (κ1) is 7.61. The topological polar surface area (TPSA) is 52.7 Å². The Kier molecular flexibility index (Phi) is 1.99. The van der Waals surface area contributed by atoms with Crippen molar-refractivity contribution >= 4 is 5.82 Å². The fourth-order valence-corrected chi connectivity index (χ4v) is 1.15. The molecule has 66 valence electrons. The van der Waals surface area contributed by atoms with Gasteiger partial charge in [-0.2, -0.15) is 5.10 Å². The largest absolute Gasteiger partial charge is 0.366 e. The van der Waals surface area contributed by atoms with E-state index in [4.69, 9.17) is 0 Å². The predicted molar refractivity (Wildman–Crippen MR) is 48.0 cm³/mol. The van der Waals surface area contributed by atoms with E-state index in [1.54, 1.807) is 0 Å². The van der Waals surface area contributed by atoms with Crippen LogP contribution in [-0.2, 0) is 6.54 Å². The van der Waals surface area contributed by atoms with Crippen LogP contribution < -0.4 is 10.6 Å². The Labute approximate surface area is 71.7 Å². The van der Waals surface area contributed by atoms with Crippen molar-refractivity contribution < 1.29 is 0 Å². The van der Waals surface area contributed by atoms with Gasteiger partial charge < -0.3 is 10.6 Å². The smallest absolute Gasteiger partial charge is 0.148 e.